The number of methoxy groups -OCH3 is 1. The standard InChI is InChI=1S/C28H29N5O4/c1-5-22(34)37-25-21(36-4)16-17-29-24(25)28(35)30-18(2)27-31-26(32-33(27)3)23(19-12-8-6-9-13-19)20-14-10-7-11-15-20/h6-18,23H,5H2,1-4H3,(H,30,35)/t18-/m0/s1. The minimum atomic E-state index is -0.530. The molecule has 2 heterocycles. The van der Waals surface area contributed by atoms with Crippen molar-refractivity contribution in [2.45, 2.75) is 32.2 Å². The smallest absolute Gasteiger partial charge is 0.311 e. The van der Waals surface area contributed by atoms with E-state index < -0.39 is 17.9 Å². The molecule has 0 saturated carbocycles. The van der Waals surface area contributed by atoms with Crippen LogP contribution in [-0.2, 0) is 11.8 Å². The second-order valence-electron chi connectivity index (χ2n) is 8.42. The maximum absolute atomic E-state index is 13.2. The van der Waals surface area contributed by atoms with Crippen molar-refractivity contribution in [3.05, 3.63) is 101 Å². The number of carbonyl (C=O) groups is 2. The van der Waals surface area contributed by atoms with Gasteiger partial charge in [0.05, 0.1) is 19.1 Å². The van der Waals surface area contributed by atoms with Gasteiger partial charge in [0.2, 0.25) is 5.75 Å². The average Bonchev–Trinajstić information content (AvgIpc) is 3.30. The average molecular weight is 500 g/mol. The third kappa shape index (κ3) is 5.66. The Kier molecular flexibility index (Phi) is 7.92. The number of amides is 1. The van der Waals surface area contributed by atoms with Gasteiger partial charge < -0.3 is 14.8 Å². The van der Waals surface area contributed by atoms with Gasteiger partial charge in [-0.3, -0.25) is 14.3 Å². The molecule has 0 saturated heterocycles. The van der Waals surface area contributed by atoms with Crippen LogP contribution >= 0.6 is 0 Å². The van der Waals surface area contributed by atoms with Crippen LogP contribution in [-0.4, -0.2) is 38.7 Å². The summed E-state index contributed by atoms with van der Waals surface area (Å²) in [5.41, 5.74) is 2.07. The van der Waals surface area contributed by atoms with Gasteiger partial charge in [-0.2, -0.15) is 5.10 Å². The topological polar surface area (TPSA) is 108 Å². The van der Waals surface area contributed by atoms with E-state index in [4.69, 9.17) is 19.6 Å². The first-order chi connectivity index (χ1) is 17.9. The Morgan fingerprint density at radius 2 is 1.62 bits per heavy atom. The third-order valence-corrected chi connectivity index (χ3v) is 5.88. The van der Waals surface area contributed by atoms with E-state index in [-0.39, 0.29) is 29.5 Å². The van der Waals surface area contributed by atoms with Crippen LogP contribution in [0.5, 0.6) is 11.5 Å². The minimum absolute atomic E-state index is 0.0200. The summed E-state index contributed by atoms with van der Waals surface area (Å²) < 4.78 is 12.3. The molecule has 9 nitrogen and oxygen atoms in total. The summed E-state index contributed by atoms with van der Waals surface area (Å²) in [6.07, 6.45) is 1.56. The quantitative estimate of drug-likeness (QED) is 0.344. The van der Waals surface area contributed by atoms with Gasteiger partial charge in [-0.1, -0.05) is 67.6 Å². The number of carbonyl (C=O) groups excluding carboxylic acids is 2. The molecule has 0 aliphatic carbocycles. The van der Waals surface area contributed by atoms with Gasteiger partial charge in [0.1, 0.15) is 5.82 Å². The lowest BCUT2D eigenvalue weighted by atomic mass is 9.91. The molecule has 37 heavy (non-hydrogen) atoms. The summed E-state index contributed by atoms with van der Waals surface area (Å²) in [6.45, 7) is 3.47. The molecule has 2 aromatic heterocycles. The molecule has 2 aromatic carbocycles. The van der Waals surface area contributed by atoms with Gasteiger partial charge in [-0.05, 0) is 18.1 Å². The fourth-order valence-electron chi connectivity index (χ4n) is 4.07. The number of pyridine rings is 1. The summed E-state index contributed by atoms with van der Waals surface area (Å²) in [7, 11) is 3.22. The summed E-state index contributed by atoms with van der Waals surface area (Å²) in [5, 5.41) is 7.61. The molecular formula is C28H29N5O4. The van der Waals surface area contributed by atoms with Crippen molar-refractivity contribution in [2.75, 3.05) is 7.11 Å². The van der Waals surface area contributed by atoms with Gasteiger partial charge in [-0.15, -0.1) is 0 Å². The van der Waals surface area contributed by atoms with Gasteiger partial charge in [0.25, 0.3) is 5.91 Å². The Morgan fingerprint density at radius 1 is 1.00 bits per heavy atom. The van der Waals surface area contributed by atoms with E-state index in [9.17, 15) is 9.59 Å². The number of rotatable bonds is 9. The molecule has 1 amide bonds. The van der Waals surface area contributed by atoms with Crippen molar-refractivity contribution in [3.63, 3.8) is 0 Å². The molecule has 0 bridgehead atoms. The van der Waals surface area contributed by atoms with E-state index in [1.807, 2.05) is 67.6 Å². The summed E-state index contributed by atoms with van der Waals surface area (Å²) in [5.74, 6) is 0.197. The fourth-order valence-corrected chi connectivity index (χ4v) is 4.07. The first-order valence-electron chi connectivity index (χ1n) is 12.0. The van der Waals surface area contributed by atoms with Crippen molar-refractivity contribution in [1.29, 1.82) is 0 Å². The van der Waals surface area contributed by atoms with Crippen LogP contribution in [0.4, 0.5) is 0 Å². The summed E-state index contributed by atoms with van der Waals surface area (Å²) in [4.78, 5) is 34.1. The molecule has 0 unspecified atom stereocenters. The highest BCUT2D eigenvalue weighted by molar-refractivity contribution is 5.96. The van der Waals surface area contributed by atoms with Crippen LogP contribution in [0.3, 0.4) is 0 Å². The Hall–Kier alpha value is -4.53. The van der Waals surface area contributed by atoms with Crippen molar-refractivity contribution in [2.24, 2.45) is 7.05 Å². The molecule has 190 valence electrons. The molecular weight excluding hydrogens is 470 g/mol. The largest absolute Gasteiger partial charge is 0.493 e. The number of hydrogen-bond acceptors (Lipinski definition) is 7. The van der Waals surface area contributed by atoms with Crippen molar-refractivity contribution >= 4 is 11.9 Å². The number of aromatic nitrogens is 4. The molecule has 9 heteroatoms. The minimum Gasteiger partial charge on any atom is -0.493 e. The molecule has 0 spiro atoms. The molecule has 0 aliphatic rings. The summed E-state index contributed by atoms with van der Waals surface area (Å²) in [6, 6.07) is 21.1. The lowest BCUT2D eigenvalue weighted by Gasteiger charge is -2.16. The summed E-state index contributed by atoms with van der Waals surface area (Å²) >= 11 is 0. The number of nitrogens with one attached hydrogen (secondary N) is 1. The molecule has 1 N–H and O–H groups in total. The van der Waals surface area contributed by atoms with Crippen molar-refractivity contribution in [1.82, 2.24) is 25.1 Å². The van der Waals surface area contributed by atoms with E-state index in [1.54, 1.807) is 18.7 Å². The van der Waals surface area contributed by atoms with E-state index in [0.717, 1.165) is 11.1 Å². The first kappa shape index (κ1) is 25.6. The zero-order chi connectivity index (χ0) is 26.4. The van der Waals surface area contributed by atoms with Crippen LogP contribution in [0.25, 0.3) is 0 Å². The fraction of sp³-hybridized carbons (Fsp3) is 0.250. The van der Waals surface area contributed by atoms with Gasteiger partial charge in [-0.25, -0.2) is 9.97 Å². The monoisotopic (exact) mass is 499 g/mol. The highest BCUT2D eigenvalue weighted by Crippen LogP contribution is 2.32. The Morgan fingerprint density at radius 3 is 2.19 bits per heavy atom. The zero-order valence-electron chi connectivity index (χ0n) is 21.2. The Bertz CT molecular complexity index is 1330. The Balaban J connectivity index is 1.63. The van der Waals surface area contributed by atoms with Crippen molar-refractivity contribution in [3.8, 4) is 11.5 Å². The normalized spacial score (nSPS) is 11.7. The number of benzene rings is 2. The second kappa shape index (κ2) is 11.5. The number of nitrogens with zero attached hydrogens (tertiary/aromatic N) is 4. The zero-order valence-corrected chi connectivity index (χ0v) is 21.2. The Labute approximate surface area is 215 Å². The number of esters is 1. The number of ether oxygens (including phenoxy) is 2. The number of aryl methyl sites for hydroxylation is 1. The van der Waals surface area contributed by atoms with Crippen LogP contribution in [0.2, 0.25) is 0 Å². The highest BCUT2D eigenvalue weighted by atomic mass is 16.6. The van der Waals surface area contributed by atoms with E-state index in [1.165, 1.54) is 19.4 Å². The van der Waals surface area contributed by atoms with E-state index in [0.29, 0.717) is 11.6 Å². The highest BCUT2D eigenvalue weighted by Gasteiger charge is 2.27. The lowest BCUT2D eigenvalue weighted by Crippen LogP contribution is -2.30. The van der Waals surface area contributed by atoms with Crippen LogP contribution in [0.15, 0.2) is 72.9 Å². The van der Waals surface area contributed by atoms with Gasteiger partial charge >= 0.3 is 5.97 Å². The maximum atomic E-state index is 13.2. The van der Waals surface area contributed by atoms with E-state index in [2.05, 4.69) is 10.3 Å². The van der Waals surface area contributed by atoms with Gasteiger partial charge in [0, 0.05) is 25.7 Å². The molecule has 1 atom stereocenters. The molecule has 4 aromatic rings. The van der Waals surface area contributed by atoms with Crippen LogP contribution < -0.4 is 14.8 Å². The van der Waals surface area contributed by atoms with Crippen molar-refractivity contribution < 1.29 is 19.1 Å². The molecule has 0 radical (unpaired) electrons. The van der Waals surface area contributed by atoms with E-state index >= 15 is 0 Å². The number of hydrogen-bond donors (Lipinski definition) is 1. The SMILES string of the molecule is CCC(=O)Oc1c(OC)ccnc1C(=O)N[C@@H](C)c1nc(C(c2ccccc2)c2ccccc2)nn1C. The van der Waals surface area contributed by atoms with Gasteiger partial charge in [0.15, 0.2) is 17.3 Å². The maximum Gasteiger partial charge on any atom is 0.311 e. The first-order valence-corrected chi connectivity index (χ1v) is 12.0. The lowest BCUT2D eigenvalue weighted by molar-refractivity contribution is -0.134. The second-order valence-corrected chi connectivity index (χ2v) is 8.42. The van der Waals surface area contributed by atoms with Crippen LogP contribution in [0.1, 0.15) is 65.5 Å². The predicted molar refractivity (Wildman–Crippen MR) is 137 cm³/mol. The molecule has 4 rings (SSSR count). The predicted octanol–water partition coefficient (Wildman–Crippen LogP) is 4.21. The third-order valence-electron chi connectivity index (χ3n) is 5.88. The molecule has 0 aliphatic heterocycles. The van der Waals surface area contributed by atoms with Crippen LogP contribution in [0, 0.1) is 0 Å². The molecule has 0 fully saturated rings.